The lowest BCUT2D eigenvalue weighted by atomic mass is 9.98. The van der Waals surface area contributed by atoms with E-state index in [0.717, 1.165) is 38.2 Å². The van der Waals surface area contributed by atoms with Crippen LogP contribution in [0.3, 0.4) is 0 Å². The molecule has 96 valence electrons. The molecule has 1 aromatic carbocycles. The average molecular weight is 243 g/mol. The number of nitrogens with zero attached hydrogens (tertiary/aromatic N) is 2. The van der Waals surface area contributed by atoms with E-state index in [1.165, 1.54) is 12.0 Å². The fourth-order valence-corrected chi connectivity index (χ4v) is 2.64. The molecule has 0 saturated carbocycles. The second-order valence-electron chi connectivity index (χ2n) is 4.83. The molecule has 0 unspecified atom stereocenters. The normalized spacial score (nSPS) is 18.2. The molecule has 1 aliphatic rings. The molecule has 0 spiro atoms. The molecule has 1 atom stereocenters. The summed E-state index contributed by atoms with van der Waals surface area (Å²) in [6.45, 7) is 6.56. The highest BCUT2D eigenvalue weighted by Gasteiger charge is 2.21. The van der Waals surface area contributed by atoms with Crippen LogP contribution >= 0.6 is 0 Å². The molecule has 18 heavy (non-hydrogen) atoms. The first kappa shape index (κ1) is 13.1. The van der Waals surface area contributed by atoms with Gasteiger partial charge in [-0.3, -0.25) is 4.90 Å². The van der Waals surface area contributed by atoms with Crippen molar-refractivity contribution in [3.8, 4) is 6.07 Å². The second-order valence-corrected chi connectivity index (χ2v) is 4.83. The first-order valence-corrected chi connectivity index (χ1v) is 6.80. The quantitative estimate of drug-likeness (QED) is 0.882. The van der Waals surface area contributed by atoms with Crippen molar-refractivity contribution in [3.63, 3.8) is 0 Å². The van der Waals surface area contributed by atoms with Gasteiger partial charge >= 0.3 is 0 Å². The van der Waals surface area contributed by atoms with Crippen molar-refractivity contribution in [1.29, 1.82) is 5.26 Å². The summed E-state index contributed by atoms with van der Waals surface area (Å²) in [5.41, 5.74) is 2.06. The summed E-state index contributed by atoms with van der Waals surface area (Å²) in [6.07, 6.45) is 2.33. The Balaban J connectivity index is 2.19. The van der Waals surface area contributed by atoms with Crippen molar-refractivity contribution in [3.05, 3.63) is 35.4 Å². The van der Waals surface area contributed by atoms with Crippen molar-refractivity contribution >= 4 is 0 Å². The molecule has 1 aromatic rings. The van der Waals surface area contributed by atoms with Gasteiger partial charge in [0.1, 0.15) is 0 Å². The number of nitrogens with one attached hydrogen (secondary N) is 1. The highest BCUT2D eigenvalue weighted by Crippen LogP contribution is 2.26. The van der Waals surface area contributed by atoms with Crippen molar-refractivity contribution in [2.24, 2.45) is 0 Å². The molecule has 1 aliphatic heterocycles. The van der Waals surface area contributed by atoms with Crippen molar-refractivity contribution < 1.29 is 0 Å². The molecule has 1 N–H and O–H groups in total. The molecular formula is C15H21N3. The number of hydrogen-bond donors (Lipinski definition) is 1. The van der Waals surface area contributed by atoms with Crippen LogP contribution in [0.25, 0.3) is 0 Å². The first-order valence-electron chi connectivity index (χ1n) is 6.80. The zero-order chi connectivity index (χ0) is 12.8. The molecule has 0 radical (unpaired) electrons. The van der Waals surface area contributed by atoms with E-state index >= 15 is 0 Å². The van der Waals surface area contributed by atoms with E-state index in [9.17, 15) is 0 Å². The zero-order valence-electron chi connectivity index (χ0n) is 11.0. The van der Waals surface area contributed by atoms with Gasteiger partial charge in [0.15, 0.2) is 0 Å². The Morgan fingerprint density at radius 1 is 1.39 bits per heavy atom. The maximum atomic E-state index is 9.01. The van der Waals surface area contributed by atoms with Gasteiger partial charge in [-0.15, -0.1) is 0 Å². The van der Waals surface area contributed by atoms with Gasteiger partial charge in [-0.2, -0.15) is 5.26 Å². The standard InChI is InChI=1S/C15H21N3/c1-2-4-15(18-9-7-17-8-10-18)14-6-3-5-13(11-14)12-16/h3,5-6,11,15,17H,2,4,7-10H2,1H3/t15-/m1/s1. The zero-order valence-corrected chi connectivity index (χ0v) is 11.0. The van der Waals surface area contributed by atoms with Crippen LogP contribution in [0.1, 0.15) is 36.9 Å². The van der Waals surface area contributed by atoms with Gasteiger partial charge in [0.25, 0.3) is 0 Å². The number of hydrogen-bond acceptors (Lipinski definition) is 3. The Morgan fingerprint density at radius 3 is 2.83 bits per heavy atom. The summed E-state index contributed by atoms with van der Waals surface area (Å²) in [4.78, 5) is 2.54. The fourth-order valence-electron chi connectivity index (χ4n) is 2.64. The van der Waals surface area contributed by atoms with E-state index in [2.05, 4.69) is 29.3 Å². The Labute approximate surface area is 109 Å². The lowest BCUT2D eigenvalue weighted by Crippen LogP contribution is -2.45. The molecule has 2 rings (SSSR count). The Hall–Kier alpha value is -1.37. The SMILES string of the molecule is CCC[C@H](c1cccc(C#N)c1)N1CCNCC1. The highest BCUT2D eigenvalue weighted by atomic mass is 15.2. The smallest absolute Gasteiger partial charge is 0.0991 e. The van der Waals surface area contributed by atoms with Crippen LogP contribution in [0.15, 0.2) is 24.3 Å². The van der Waals surface area contributed by atoms with Gasteiger partial charge < -0.3 is 5.32 Å². The highest BCUT2D eigenvalue weighted by molar-refractivity contribution is 5.34. The van der Waals surface area contributed by atoms with Crippen LogP contribution in [0, 0.1) is 11.3 Å². The Kier molecular flexibility index (Phi) is 4.74. The summed E-state index contributed by atoms with van der Waals surface area (Å²) < 4.78 is 0. The van der Waals surface area contributed by atoms with Crippen molar-refractivity contribution in [1.82, 2.24) is 10.2 Å². The minimum Gasteiger partial charge on any atom is -0.314 e. The fraction of sp³-hybridized carbons (Fsp3) is 0.533. The van der Waals surface area contributed by atoms with Crippen molar-refractivity contribution in [2.75, 3.05) is 26.2 Å². The molecule has 0 aromatic heterocycles. The predicted molar refractivity (Wildman–Crippen MR) is 73.2 cm³/mol. The van der Waals surface area contributed by atoms with E-state index < -0.39 is 0 Å². The van der Waals surface area contributed by atoms with E-state index in [4.69, 9.17) is 5.26 Å². The third kappa shape index (κ3) is 3.10. The van der Waals surface area contributed by atoms with E-state index in [-0.39, 0.29) is 0 Å². The summed E-state index contributed by atoms with van der Waals surface area (Å²) in [5, 5.41) is 12.4. The summed E-state index contributed by atoms with van der Waals surface area (Å²) in [5.74, 6) is 0. The van der Waals surface area contributed by atoms with Crippen molar-refractivity contribution in [2.45, 2.75) is 25.8 Å². The van der Waals surface area contributed by atoms with Crippen LogP contribution in [-0.4, -0.2) is 31.1 Å². The Morgan fingerprint density at radius 2 is 2.17 bits per heavy atom. The van der Waals surface area contributed by atoms with Crippen LogP contribution in [0.2, 0.25) is 0 Å². The Bertz CT molecular complexity index is 416. The maximum Gasteiger partial charge on any atom is 0.0991 e. The van der Waals surface area contributed by atoms with Gasteiger partial charge in [0, 0.05) is 32.2 Å². The number of benzene rings is 1. The lowest BCUT2D eigenvalue weighted by molar-refractivity contribution is 0.164. The second kappa shape index (κ2) is 6.53. The largest absolute Gasteiger partial charge is 0.314 e. The van der Waals surface area contributed by atoms with Crippen LogP contribution in [0.4, 0.5) is 0 Å². The van der Waals surface area contributed by atoms with E-state index in [1.54, 1.807) is 0 Å². The summed E-state index contributed by atoms with van der Waals surface area (Å²) >= 11 is 0. The maximum absolute atomic E-state index is 9.01. The van der Waals surface area contributed by atoms with Gasteiger partial charge in [0.2, 0.25) is 0 Å². The third-order valence-electron chi connectivity index (χ3n) is 3.55. The van der Waals surface area contributed by atoms with Gasteiger partial charge in [-0.1, -0.05) is 25.5 Å². The minimum atomic E-state index is 0.463. The molecule has 0 bridgehead atoms. The molecule has 3 heteroatoms. The van der Waals surface area contributed by atoms with Gasteiger partial charge in [-0.25, -0.2) is 0 Å². The topological polar surface area (TPSA) is 39.1 Å². The molecule has 3 nitrogen and oxygen atoms in total. The monoisotopic (exact) mass is 243 g/mol. The van der Waals surface area contributed by atoms with Crippen LogP contribution in [-0.2, 0) is 0 Å². The number of piperazine rings is 1. The van der Waals surface area contributed by atoms with Gasteiger partial charge in [0.05, 0.1) is 11.6 Å². The lowest BCUT2D eigenvalue weighted by Gasteiger charge is -2.35. The first-order chi connectivity index (χ1) is 8.85. The van der Waals surface area contributed by atoms with E-state index in [1.807, 2.05) is 18.2 Å². The van der Waals surface area contributed by atoms with E-state index in [0.29, 0.717) is 6.04 Å². The molecule has 1 saturated heterocycles. The van der Waals surface area contributed by atoms with Crippen LogP contribution in [0.5, 0.6) is 0 Å². The summed E-state index contributed by atoms with van der Waals surface area (Å²) in [6, 6.07) is 10.8. The molecule has 1 fully saturated rings. The minimum absolute atomic E-state index is 0.463. The molecule has 1 heterocycles. The molecule has 0 amide bonds. The summed E-state index contributed by atoms with van der Waals surface area (Å²) in [7, 11) is 0. The predicted octanol–water partition coefficient (Wildman–Crippen LogP) is 2.30. The third-order valence-corrected chi connectivity index (χ3v) is 3.55. The number of rotatable bonds is 4. The van der Waals surface area contributed by atoms with Crippen LogP contribution < -0.4 is 5.32 Å². The average Bonchev–Trinajstić information content (AvgIpc) is 2.46. The molecular weight excluding hydrogens is 222 g/mol. The number of nitriles is 1. The van der Waals surface area contributed by atoms with Gasteiger partial charge in [-0.05, 0) is 24.1 Å². The molecule has 0 aliphatic carbocycles.